The van der Waals surface area contributed by atoms with Gasteiger partial charge in [-0.05, 0) is 55.5 Å². The molecule has 37 heavy (non-hydrogen) atoms. The molecule has 1 N–H and O–H groups in total. The van der Waals surface area contributed by atoms with Crippen LogP contribution in [0.5, 0.6) is 5.75 Å². The first-order valence-corrected chi connectivity index (χ1v) is 14.1. The van der Waals surface area contributed by atoms with Gasteiger partial charge in [0.2, 0.25) is 5.91 Å². The maximum atomic E-state index is 13.7. The average molecular weight is 568 g/mol. The Morgan fingerprint density at radius 2 is 2.03 bits per heavy atom. The molecule has 10 nitrogen and oxygen atoms in total. The number of ether oxygens (including phenoxy) is 1. The van der Waals surface area contributed by atoms with Crippen LogP contribution in [0.25, 0.3) is 0 Å². The molecule has 0 aliphatic heterocycles. The number of nitrogens with one attached hydrogen (secondary N) is 1. The number of hydrogen-bond donors (Lipinski definition) is 1. The number of nitro benzene ring substituents is 1. The van der Waals surface area contributed by atoms with E-state index in [1.807, 2.05) is 12.1 Å². The summed E-state index contributed by atoms with van der Waals surface area (Å²) in [6, 6.07) is 11.6. The molecule has 3 rings (SSSR count). The molecule has 0 aliphatic rings. The number of carbonyl (C=O) groups excluding carboxylic acids is 1. The zero-order chi connectivity index (χ0) is 27.0. The number of halogens is 1. The first-order valence-electron chi connectivity index (χ1n) is 11.1. The molecule has 2 aromatic carbocycles. The van der Waals surface area contributed by atoms with E-state index < -0.39 is 27.4 Å². The number of hydrogen-bond acceptors (Lipinski definition) is 8. The molecule has 0 spiro atoms. The van der Waals surface area contributed by atoms with E-state index in [2.05, 4.69) is 5.32 Å². The lowest BCUT2D eigenvalue weighted by Crippen LogP contribution is -2.41. The monoisotopic (exact) mass is 567 g/mol. The molecule has 1 amide bonds. The number of thioether (sulfide) groups is 1. The summed E-state index contributed by atoms with van der Waals surface area (Å²) in [5, 5.41) is 14.4. The first kappa shape index (κ1) is 28.4. The smallest absolute Gasteiger partial charge is 0.273 e. The van der Waals surface area contributed by atoms with Gasteiger partial charge in [0.25, 0.3) is 15.7 Å². The third-order valence-corrected chi connectivity index (χ3v) is 8.33. The predicted octanol–water partition coefficient (Wildman–Crippen LogP) is 4.79. The number of aryl methyl sites for hydroxylation is 1. The van der Waals surface area contributed by atoms with Crippen molar-refractivity contribution < 1.29 is 27.3 Å². The van der Waals surface area contributed by atoms with Crippen molar-refractivity contribution in [1.29, 1.82) is 0 Å². The number of carbonyl (C=O) groups is 1. The van der Waals surface area contributed by atoms with Crippen LogP contribution in [0.2, 0.25) is 5.02 Å². The number of amides is 1. The lowest BCUT2D eigenvalue weighted by Gasteiger charge is -2.26. The van der Waals surface area contributed by atoms with Crippen molar-refractivity contribution in [3.05, 3.63) is 81.3 Å². The molecule has 0 aliphatic carbocycles. The highest BCUT2D eigenvalue weighted by molar-refractivity contribution is 7.98. The summed E-state index contributed by atoms with van der Waals surface area (Å²) in [5.74, 6) is 1.95. The second-order valence-corrected chi connectivity index (χ2v) is 11.3. The third-order valence-electron chi connectivity index (χ3n) is 5.27. The van der Waals surface area contributed by atoms with Crippen LogP contribution >= 0.6 is 23.4 Å². The minimum Gasteiger partial charge on any atom is -0.495 e. The van der Waals surface area contributed by atoms with Crippen LogP contribution in [-0.2, 0) is 20.6 Å². The van der Waals surface area contributed by atoms with Gasteiger partial charge >= 0.3 is 0 Å². The molecule has 0 saturated heterocycles. The van der Waals surface area contributed by atoms with Crippen molar-refractivity contribution in [3.63, 3.8) is 0 Å². The minimum atomic E-state index is -4.42. The molecule has 0 bridgehead atoms. The second kappa shape index (κ2) is 12.8. The van der Waals surface area contributed by atoms with E-state index in [1.165, 1.54) is 44.4 Å². The van der Waals surface area contributed by atoms with Crippen LogP contribution in [0.3, 0.4) is 0 Å². The van der Waals surface area contributed by atoms with E-state index in [4.69, 9.17) is 20.8 Å². The molecule has 0 fully saturated rings. The van der Waals surface area contributed by atoms with Gasteiger partial charge in [0.1, 0.15) is 18.1 Å². The van der Waals surface area contributed by atoms with Gasteiger partial charge in [0.05, 0.1) is 34.6 Å². The average Bonchev–Trinajstić information content (AvgIpc) is 3.38. The minimum absolute atomic E-state index is 0.0300. The number of nitrogens with zero attached hydrogens (tertiary/aromatic N) is 2. The van der Waals surface area contributed by atoms with Crippen LogP contribution in [-0.4, -0.2) is 45.2 Å². The van der Waals surface area contributed by atoms with Crippen LogP contribution in [0, 0.1) is 17.0 Å². The normalized spacial score (nSPS) is 11.2. The highest BCUT2D eigenvalue weighted by Crippen LogP contribution is 2.35. The van der Waals surface area contributed by atoms with Gasteiger partial charge in [-0.2, -0.15) is 11.8 Å². The fourth-order valence-electron chi connectivity index (χ4n) is 3.39. The summed E-state index contributed by atoms with van der Waals surface area (Å²) >= 11 is 7.78. The Morgan fingerprint density at radius 1 is 1.24 bits per heavy atom. The van der Waals surface area contributed by atoms with Gasteiger partial charge < -0.3 is 14.5 Å². The van der Waals surface area contributed by atoms with Gasteiger partial charge in [-0.3, -0.25) is 19.2 Å². The summed E-state index contributed by atoms with van der Waals surface area (Å²) < 4.78 is 38.8. The predicted molar refractivity (Wildman–Crippen MR) is 143 cm³/mol. The van der Waals surface area contributed by atoms with Gasteiger partial charge in [-0.1, -0.05) is 17.7 Å². The maximum Gasteiger partial charge on any atom is 0.273 e. The topological polar surface area (TPSA) is 132 Å². The standard InChI is InChI=1S/C24H26ClN3O7S2/c1-17-6-8-20(14-21(17)28(30)31)37(32,33)27(22-13-18(25)7-9-23(22)34-2)15-24(29)26-10-4-12-36-16-19-5-3-11-35-19/h3,5-9,11,13-14H,4,10,12,15-16H2,1-2H3,(H,26,29). The highest BCUT2D eigenvalue weighted by atomic mass is 35.5. The lowest BCUT2D eigenvalue weighted by molar-refractivity contribution is -0.385. The number of nitro groups is 1. The number of furan rings is 1. The Bertz CT molecular complexity index is 1350. The van der Waals surface area contributed by atoms with Gasteiger partial charge in [-0.15, -0.1) is 0 Å². The molecule has 0 radical (unpaired) electrons. The SMILES string of the molecule is COc1ccc(Cl)cc1N(CC(=O)NCCCSCc1ccco1)S(=O)(=O)c1ccc(C)c([N+](=O)[O-])c1. The Hall–Kier alpha value is -3.22. The van der Waals surface area contributed by atoms with Crippen molar-refractivity contribution >= 4 is 50.7 Å². The van der Waals surface area contributed by atoms with Gasteiger partial charge in [-0.25, -0.2) is 8.42 Å². The number of anilines is 1. The largest absolute Gasteiger partial charge is 0.495 e. The summed E-state index contributed by atoms with van der Waals surface area (Å²) in [6.07, 6.45) is 2.27. The maximum absolute atomic E-state index is 13.7. The first-order chi connectivity index (χ1) is 17.6. The van der Waals surface area contributed by atoms with Crippen molar-refractivity contribution in [3.8, 4) is 5.75 Å². The van der Waals surface area contributed by atoms with Crippen LogP contribution in [0.15, 0.2) is 64.1 Å². The summed E-state index contributed by atoms with van der Waals surface area (Å²) in [5.41, 5.74) is -0.0172. The van der Waals surface area contributed by atoms with E-state index >= 15 is 0 Å². The molecule has 0 saturated carbocycles. The van der Waals surface area contributed by atoms with Crippen LogP contribution in [0.4, 0.5) is 11.4 Å². The van der Waals surface area contributed by atoms with Crippen LogP contribution < -0.4 is 14.4 Å². The Kier molecular flexibility index (Phi) is 9.84. The fraction of sp³-hybridized carbons (Fsp3) is 0.292. The Balaban J connectivity index is 1.79. The summed E-state index contributed by atoms with van der Waals surface area (Å²) in [6.45, 7) is 1.26. The molecular formula is C24H26ClN3O7S2. The quantitative estimate of drug-likeness (QED) is 0.177. The molecular weight excluding hydrogens is 542 g/mol. The molecule has 1 heterocycles. The number of sulfonamides is 1. The van der Waals surface area contributed by atoms with E-state index in [-0.39, 0.29) is 27.0 Å². The Labute approximate surface area is 224 Å². The van der Waals surface area contributed by atoms with Crippen LogP contribution in [0.1, 0.15) is 17.7 Å². The van der Waals surface area contributed by atoms with Crippen molar-refractivity contribution in [2.45, 2.75) is 24.0 Å². The molecule has 1 aromatic heterocycles. The number of rotatable bonds is 13. The van der Waals surface area contributed by atoms with Gasteiger partial charge in [0.15, 0.2) is 0 Å². The molecule has 198 valence electrons. The Morgan fingerprint density at radius 3 is 2.70 bits per heavy atom. The summed E-state index contributed by atoms with van der Waals surface area (Å²) in [4.78, 5) is 23.2. The number of methoxy groups -OCH3 is 1. The second-order valence-electron chi connectivity index (χ2n) is 7.87. The summed E-state index contributed by atoms with van der Waals surface area (Å²) in [7, 11) is -3.06. The van der Waals surface area contributed by atoms with E-state index in [9.17, 15) is 23.3 Å². The van der Waals surface area contributed by atoms with E-state index in [0.717, 1.165) is 21.9 Å². The third kappa shape index (κ3) is 7.40. The highest BCUT2D eigenvalue weighted by Gasteiger charge is 2.31. The molecule has 13 heteroatoms. The van der Waals surface area contributed by atoms with E-state index in [0.29, 0.717) is 24.3 Å². The zero-order valence-corrected chi connectivity index (χ0v) is 22.6. The van der Waals surface area contributed by atoms with Crippen molar-refractivity contribution in [1.82, 2.24) is 5.32 Å². The zero-order valence-electron chi connectivity index (χ0n) is 20.2. The van der Waals surface area contributed by atoms with Crippen molar-refractivity contribution in [2.24, 2.45) is 0 Å². The fourth-order valence-corrected chi connectivity index (χ4v) is 5.86. The molecule has 3 aromatic rings. The lowest BCUT2D eigenvalue weighted by atomic mass is 10.2. The van der Waals surface area contributed by atoms with E-state index in [1.54, 1.807) is 18.0 Å². The molecule has 0 atom stereocenters. The van der Waals surface area contributed by atoms with Crippen molar-refractivity contribution in [2.75, 3.05) is 30.3 Å². The molecule has 0 unspecified atom stereocenters. The van der Waals surface area contributed by atoms with Gasteiger partial charge in [0, 0.05) is 23.2 Å². The number of benzene rings is 2.